The van der Waals surface area contributed by atoms with Gasteiger partial charge in [0.05, 0.1) is 0 Å². The van der Waals surface area contributed by atoms with Crippen LogP contribution < -0.4 is 0 Å². The minimum atomic E-state index is -4.55. The van der Waals surface area contributed by atoms with Gasteiger partial charge in [-0.2, -0.15) is 13.2 Å². The first kappa shape index (κ1) is 21.7. The van der Waals surface area contributed by atoms with Crippen LogP contribution in [0.4, 0.5) is 22.0 Å². The van der Waals surface area contributed by atoms with Gasteiger partial charge in [0.15, 0.2) is 5.65 Å². The zero-order valence-electron chi connectivity index (χ0n) is 17.1. The van der Waals surface area contributed by atoms with E-state index in [0.29, 0.717) is 43.7 Å². The van der Waals surface area contributed by atoms with Crippen molar-refractivity contribution in [1.29, 1.82) is 0 Å². The van der Waals surface area contributed by atoms with Gasteiger partial charge in [-0.15, -0.1) is 10.2 Å². The van der Waals surface area contributed by atoms with Crippen LogP contribution in [0.25, 0.3) is 5.65 Å². The van der Waals surface area contributed by atoms with Crippen molar-refractivity contribution in [3.05, 3.63) is 64.6 Å². The van der Waals surface area contributed by atoms with Crippen molar-refractivity contribution in [3.63, 3.8) is 0 Å². The summed E-state index contributed by atoms with van der Waals surface area (Å²) in [5, 5.41) is 7.77. The summed E-state index contributed by atoms with van der Waals surface area (Å²) >= 11 is 0. The standard InChI is InChI=1S/C22H23F5N4/c1-2-3-19-28-29-21-20(22(25,26)27)15(8-11-31(19)21)13-30-9-6-14(7-10-30)17-5-4-16(23)12-18(17)24/h4-5,8,11-12,14H,2-3,6-7,9-10,13H2,1H3. The third-order valence-electron chi connectivity index (χ3n) is 5.88. The van der Waals surface area contributed by atoms with Gasteiger partial charge in [0, 0.05) is 25.2 Å². The predicted octanol–water partition coefficient (Wildman–Crippen LogP) is 5.36. The molecular weight excluding hydrogens is 415 g/mol. The molecule has 4 rings (SSSR count). The number of hydrogen-bond donors (Lipinski definition) is 0. The highest BCUT2D eigenvalue weighted by atomic mass is 19.4. The molecule has 0 amide bonds. The van der Waals surface area contributed by atoms with Gasteiger partial charge in [-0.25, -0.2) is 8.78 Å². The number of halogens is 5. The molecule has 0 unspecified atom stereocenters. The topological polar surface area (TPSA) is 33.4 Å². The summed E-state index contributed by atoms with van der Waals surface area (Å²) in [7, 11) is 0. The predicted molar refractivity (Wildman–Crippen MR) is 106 cm³/mol. The molecule has 0 atom stereocenters. The molecule has 0 radical (unpaired) electrons. The van der Waals surface area contributed by atoms with E-state index in [0.717, 1.165) is 12.5 Å². The quantitative estimate of drug-likeness (QED) is 0.503. The van der Waals surface area contributed by atoms with Gasteiger partial charge in [-0.05, 0) is 61.5 Å². The van der Waals surface area contributed by atoms with E-state index in [4.69, 9.17) is 0 Å². The molecule has 3 heterocycles. The van der Waals surface area contributed by atoms with E-state index in [1.54, 1.807) is 6.20 Å². The molecule has 1 fully saturated rings. The lowest BCUT2D eigenvalue weighted by atomic mass is 9.89. The number of rotatable bonds is 5. The Balaban J connectivity index is 1.54. The second kappa shape index (κ2) is 8.53. The number of piperidine rings is 1. The molecule has 1 saturated heterocycles. The first-order valence-electron chi connectivity index (χ1n) is 10.4. The van der Waals surface area contributed by atoms with Crippen molar-refractivity contribution in [2.45, 2.75) is 51.2 Å². The van der Waals surface area contributed by atoms with Crippen molar-refractivity contribution < 1.29 is 22.0 Å². The van der Waals surface area contributed by atoms with E-state index >= 15 is 0 Å². The van der Waals surface area contributed by atoms with Gasteiger partial charge in [-0.1, -0.05) is 13.0 Å². The van der Waals surface area contributed by atoms with E-state index in [9.17, 15) is 22.0 Å². The lowest BCUT2D eigenvalue weighted by Crippen LogP contribution is -2.33. The molecule has 3 aromatic rings. The minimum Gasteiger partial charge on any atom is -0.299 e. The number of alkyl halides is 3. The molecule has 0 aliphatic carbocycles. The summed E-state index contributed by atoms with van der Waals surface area (Å²) in [6.07, 6.45) is -0.455. The molecule has 9 heteroatoms. The minimum absolute atomic E-state index is 0.0745. The second-order valence-electron chi connectivity index (χ2n) is 7.99. The Hall–Kier alpha value is -2.55. The number of benzene rings is 1. The van der Waals surface area contributed by atoms with Crippen molar-refractivity contribution in [2.75, 3.05) is 13.1 Å². The third-order valence-corrected chi connectivity index (χ3v) is 5.88. The maximum atomic E-state index is 14.1. The third kappa shape index (κ3) is 4.42. The Morgan fingerprint density at radius 1 is 1.06 bits per heavy atom. The number of pyridine rings is 1. The number of nitrogens with zero attached hydrogens (tertiary/aromatic N) is 4. The summed E-state index contributed by atoms with van der Waals surface area (Å²) in [6, 6.07) is 5.06. The molecule has 2 aromatic heterocycles. The van der Waals surface area contributed by atoms with Crippen LogP contribution in [0.2, 0.25) is 0 Å². The smallest absolute Gasteiger partial charge is 0.299 e. The average molecular weight is 438 g/mol. The number of aryl methyl sites for hydroxylation is 1. The Morgan fingerprint density at radius 2 is 1.81 bits per heavy atom. The summed E-state index contributed by atoms with van der Waals surface area (Å²) in [5.41, 5.74) is -0.305. The maximum Gasteiger partial charge on any atom is 0.420 e. The lowest BCUT2D eigenvalue weighted by Gasteiger charge is -2.33. The zero-order chi connectivity index (χ0) is 22.2. The van der Waals surface area contributed by atoms with Crippen LogP contribution in [0.15, 0.2) is 30.5 Å². The average Bonchev–Trinajstić information content (AvgIpc) is 3.11. The fourth-order valence-electron chi connectivity index (χ4n) is 4.35. The van der Waals surface area contributed by atoms with Crippen LogP contribution in [0.5, 0.6) is 0 Å². The number of hydrogen-bond acceptors (Lipinski definition) is 3. The molecule has 31 heavy (non-hydrogen) atoms. The highest BCUT2D eigenvalue weighted by molar-refractivity contribution is 5.53. The van der Waals surface area contributed by atoms with Gasteiger partial charge >= 0.3 is 6.18 Å². The molecule has 0 saturated carbocycles. The molecule has 0 spiro atoms. The number of likely N-dealkylation sites (tertiary alicyclic amines) is 1. The second-order valence-corrected chi connectivity index (χ2v) is 7.99. The van der Waals surface area contributed by atoms with Crippen LogP contribution in [-0.2, 0) is 19.1 Å². The summed E-state index contributed by atoms with van der Waals surface area (Å²) in [6.45, 7) is 3.11. The fourth-order valence-corrected chi connectivity index (χ4v) is 4.35. The molecule has 1 aliphatic heterocycles. The molecule has 0 N–H and O–H groups in total. The zero-order valence-corrected chi connectivity index (χ0v) is 17.1. The number of fused-ring (bicyclic) bond motifs is 1. The summed E-state index contributed by atoms with van der Waals surface area (Å²) < 4.78 is 70.4. The van der Waals surface area contributed by atoms with Gasteiger partial charge in [0.1, 0.15) is 23.0 Å². The highest BCUT2D eigenvalue weighted by Crippen LogP contribution is 2.37. The van der Waals surface area contributed by atoms with Gasteiger partial charge < -0.3 is 0 Å². The van der Waals surface area contributed by atoms with Crippen LogP contribution in [-0.4, -0.2) is 32.6 Å². The molecule has 1 aromatic carbocycles. The summed E-state index contributed by atoms with van der Waals surface area (Å²) in [4.78, 5) is 1.93. The van der Waals surface area contributed by atoms with Crippen LogP contribution >= 0.6 is 0 Å². The van der Waals surface area contributed by atoms with Crippen LogP contribution in [0.1, 0.15) is 54.6 Å². The number of aromatic nitrogens is 3. The van der Waals surface area contributed by atoms with Crippen molar-refractivity contribution in [2.24, 2.45) is 0 Å². The van der Waals surface area contributed by atoms with Crippen LogP contribution in [0, 0.1) is 11.6 Å². The van der Waals surface area contributed by atoms with Gasteiger partial charge in [-0.3, -0.25) is 9.30 Å². The van der Waals surface area contributed by atoms with E-state index in [2.05, 4.69) is 10.2 Å². The fraction of sp³-hybridized carbons (Fsp3) is 0.455. The normalized spacial score (nSPS) is 16.3. The first-order chi connectivity index (χ1) is 14.8. The lowest BCUT2D eigenvalue weighted by molar-refractivity contribution is -0.137. The molecule has 1 aliphatic rings. The Bertz CT molecular complexity index is 1070. The van der Waals surface area contributed by atoms with E-state index in [1.807, 2.05) is 11.8 Å². The Kier molecular flexibility index (Phi) is 5.96. The highest BCUT2D eigenvalue weighted by Gasteiger charge is 2.38. The van der Waals surface area contributed by atoms with E-state index in [1.165, 1.54) is 22.6 Å². The van der Waals surface area contributed by atoms with E-state index in [-0.39, 0.29) is 23.7 Å². The Morgan fingerprint density at radius 3 is 2.45 bits per heavy atom. The molecule has 0 bridgehead atoms. The van der Waals surface area contributed by atoms with Gasteiger partial charge in [0.25, 0.3) is 0 Å². The molecule has 4 nitrogen and oxygen atoms in total. The van der Waals surface area contributed by atoms with Crippen molar-refractivity contribution in [1.82, 2.24) is 19.5 Å². The summed E-state index contributed by atoms with van der Waals surface area (Å²) in [5.74, 6) is -0.756. The van der Waals surface area contributed by atoms with E-state index < -0.39 is 23.4 Å². The van der Waals surface area contributed by atoms with Crippen LogP contribution in [0.3, 0.4) is 0 Å². The monoisotopic (exact) mass is 438 g/mol. The maximum absolute atomic E-state index is 14.1. The Labute approximate surface area is 176 Å². The van der Waals surface area contributed by atoms with Crippen molar-refractivity contribution >= 4 is 5.65 Å². The first-order valence-corrected chi connectivity index (χ1v) is 10.4. The molecular formula is C22H23F5N4. The largest absolute Gasteiger partial charge is 0.420 e. The SMILES string of the molecule is CCCc1nnc2c(C(F)(F)F)c(CN3CCC(c4ccc(F)cc4F)CC3)ccn12. The van der Waals surface area contributed by atoms with Gasteiger partial charge in [0.2, 0.25) is 0 Å². The van der Waals surface area contributed by atoms with Crippen molar-refractivity contribution in [3.8, 4) is 0 Å². The molecule has 166 valence electrons.